The van der Waals surface area contributed by atoms with Gasteiger partial charge in [0.25, 0.3) is 11.8 Å². The van der Waals surface area contributed by atoms with Crippen LogP contribution >= 0.6 is 0 Å². The summed E-state index contributed by atoms with van der Waals surface area (Å²) in [5.41, 5.74) is 0.608. The molecule has 1 aromatic carbocycles. The maximum absolute atomic E-state index is 12.6. The van der Waals surface area contributed by atoms with E-state index in [4.69, 9.17) is 9.15 Å². The molecule has 1 unspecified atom stereocenters. The summed E-state index contributed by atoms with van der Waals surface area (Å²) in [4.78, 5) is 40.3. The molecule has 3 amide bonds. The summed E-state index contributed by atoms with van der Waals surface area (Å²) in [6, 6.07) is 10.4. The monoisotopic (exact) mass is 369 g/mol. The number of carbonyl (C=O) groups is 3. The SMILES string of the molecule is O=C1Nc2ccccc2OC1CC(=O)N1CCN(C(=O)c2ccco2)CC1. The summed E-state index contributed by atoms with van der Waals surface area (Å²) in [6.45, 7) is 1.67. The number of hydrogen-bond donors (Lipinski definition) is 1. The third-order valence-corrected chi connectivity index (χ3v) is 4.72. The Hall–Kier alpha value is -3.29. The number of ether oxygens (including phenoxy) is 1. The molecule has 0 spiro atoms. The van der Waals surface area contributed by atoms with Crippen LogP contribution in [0, 0.1) is 0 Å². The molecule has 27 heavy (non-hydrogen) atoms. The van der Waals surface area contributed by atoms with E-state index < -0.39 is 6.10 Å². The minimum Gasteiger partial charge on any atom is -0.478 e. The van der Waals surface area contributed by atoms with Crippen molar-refractivity contribution < 1.29 is 23.5 Å². The number of furan rings is 1. The summed E-state index contributed by atoms with van der Waals surface area (Å²) in [6.07, 6.45) is 0.572. The largest absolute Gasteiger partial charge is 0.478 e. The first kappa shape index (κ1) is 17.1. The van der Waals surface area contributed by atoms with Crippen LogP contribution in [0.5, 0.6) is 5.75 Å². The summed E-state index contributed by atoms with van der Waals surface area (Å²) in [5, 5.41) is 2.76. The molecule has 1 atom stereocenters. The molecule has 0 aliphatic carbocycles. The third kappa shape index (κ3) is 3.51. The van der Waals surface area contributed by atoms with Crippen LogP contribution in [0.4, 0.5) is 5.69 Å². The number of hydrogen-bond acceptors (Lipinski definition) is 5. The predicted octanol–water partition coefficient (Wildman–Crippen LogP) is 1.35. The van der Waals surface area contributed by atoms with Gasteiger partial charge in [-0.05, 0) is 24.3 Å². The molecule has 0 radical (unpaired) electrons. The normalized spacial score (nSPS) is 19.1. The number of carbonyl (C=O) groups excluding carboxylic acids is 3. The quantitative estimate of drug-likeness (QED) is 0.882. The Morgan fingerprint density at radius 2 is 1.78 bits per heavy atom. The lowest BCUT2D eigenvalue weighted by atomic mass is 10.1. The van der Waals surface area contributed by atoms with Crippen LogP contribution in [-0.4, -0.2) is 59.8 Å². The Morgan fingerprint density at radius 3 is 2.52 bits per heavy atom. The van der Waals surface area contributed by atoms with Gasteiger partial charge < -0.3 is 24.3 Å². The fraction of sp³-hybridized carbons (Fsp3) is 0.316. The topological polar surface area (TPSA) is 92.1 Å². The molecule has 0 saturated carbocycles. The van der Waals surface area contributed by atoms with Crippen molar-refractivity contribution in [1.82, 2.24) is 9.80 Å². The number of nitrogens with zero attached hydrogens (tertiary/aromatic N) is 2. The molecule has 1 N–H and O–H groups in total. The Bertz CT molecular complexity index is 856. The van der Waals surface area contributed by atoms with Crippen molar-refractivity contribution in [2.24, 2.45) is 0 Å². The van der Waals surface area contributed by atoms with Crippen molar-refractivity contribution in [3.05, 3.63) is 48.4 Å². The Kier molecular flexibility index (Phi) is 4.53. The van der Waals surface area contributed by atoms with Crippen LogP contribution in [-0.2, 0) is 9.59 Å². The first-order valence-corrected chi connectivity index (χ1v) is 8.79. The van der Waals surface area contributed by atoms with Crippen LogP contribution in [0.3, 0.4) is 0 Å². The van der Waals surface area contributed by atoms with Crippen LogP contribution in [0.25, 0.3) is 0 Å². The molecule has 8 nitrogen and oxygen atoms in total. The fourth-order valence-electron chi connectivity index (χ4n) is 3.23. The van der Waals surface area contributed by atoms with Gasteiger partial charge in [0, 0.05) is 26.2 Å². The Balaban J connectivity index is 1.32. The maximum Gasteiger partial charge on any atom is 0.289 e. The Labute approximate surface area is 155 Å². The fourth-order valence-corrected chi connectivity index (χ4v) is 3.23. The number of nitrogens with one attached hydrogen (secondary N) is 1. The smallest absolute Gasteiger partial charge is 0.289 e. The van der Waals surface area contributed by atoms with E-state index >= 15 is 0 Å². The average Bonchev–Trinajstić information content (AvgIpc) is 3.23. The van der Waals surface area contributed by atoms with Crippen molar-refractivity contribution >= 4 is 23.4 Å². The second-order valence-corrected chi connectivity index (χ2v) is 6.45. The van der Waals surface area contributed by atoms with Gasteiger partial charge in [-0.2, -0.15) is 0 Å². The van der Waals surface area contributed by atoms with E-state index in [1.807, 2.05) is 6.07 Å². The van der Waals surface area contributed by atoms with Gasteiger partial charge in [-0.25, -0.2) is 0 Å². The number of rotatable bonds is 3. The van der Waals surface area contributed by atoms with E-state index in [0.29, 0.717) is 43.4 Å². The van der Waals surface area contributed by atoms with Crippen molar-refractivity contribution in [3.8, 4) is 5.75 Å². The highest BCUT2D eigenvalue weighted by molar-refractivity contribution is 6.00. The maximum atomic E-state index is 12.6. The van der Waals surface area contributed by atoms with Crippen molar-refractivity contribution in [1.29, 1.82) is 0 Å². The highest BCUT2D eigenvalue weighted by Gasteiger charge is 2.32. The molecule has 2 aromatic rings. The summed E-state index contributed by atoms with van der Waals surface area (Å²) in [5.74, 6) is 0.177. The molecule has 1 fully saturated rings. The van der Waals surface area contributed by atoms with Gasteiger partial charge in [0.1, 0.15) is 5.75 Å². The lowest BCUT2D eigenvalue weighted by molar-refractivity contribution is -0.138. The van der Waals surface area contributed by atoms with E-state index in [0.717, 1.165) is 0 Å². The second kappa shape index (κ2) is 7.14. The molecular formula is C19H19N3O5. The van der Waals surface area contributed by atoms with Crippen LogP contribution in [0.2, 0.25) is 0 Å². The number of piperazine rings is 1. The minimum absolute atomic E-state index is 0.0354. The lowest BCUT2D eigenvalue weighted by Crippen LogP contribution is -2.52. The van der Waals surface area contributed by atoms with Crippen molar-refractivity contribution in [2.45, 2.75) is 12.5 Å². The molecular weight excluding hydrogens is 350 g/mol. The summed E-state index contributed by atoms with van der Waals surface area (Å²) < 4.78 is 10.8. The Morgan fingerprint density at radius 1 is 1.04 bits per heavy atom. The van der Waals surface area contributed by atoms with E-state index in [1.165, 1.54) is 6.26 Å². The van der Waals surface area contributed by atoms with Gasteiger partial charge in [0.2, 0.25) is 5.91 Å². The zero-order chi connectivity index (χ0) is 18.8. The zero-order valence-corrected chi connectivity index (χ0v) is 14.6. The molecule has 2 aliphatic rings. The number of fused-ring (bicyclic) bond motifs is 1. The molecule has 140 valence electrons. The molecule has 0 bridgehead atoms. The lowest BCUT2D eigenvalue weighted by Gasteiger charge is -2.35. The van der Waals surface area contributed by atoms with Gasteiger partial charge in [-0.1, -0.05) is 12.1 Å². The minimum atomic E-state index is -0.852. The molecule has 1 saturated heterocycles. The highest BCUT2D eigenvalue weighted by atomic mass is 16.5. The second-order valence-electron chi connectivity index (χ2n) is 6.45. The van der Waals surface area contributed by atoms with Crippen LogP contribution in [0.15, 0.2) is 47.1 Å². The average molecular weight is 369 g/mol. The third-order valence-electron chi connectivity index (χ3n) is 4.72. The molecule has 3 heterocycles. The molecule has 2 aliphatic heterocycles. The standard InChI is InChI=1S/C19H19N3O5/c23-17(12-16-18(24)20-13-4-1-2-5-14(13)27-16)21-7-9-22(10-8-21)19(25)15-6-3-11-26-15/h1-6,11,16H,7-10,12H2,(H,20,24). The number of para-hydroxylation sites is 2. The van der Waals surface area contributed by atoms with Crippen molar-refractivity contribution in [3.63, 3.8) is 0 Å². The highest BCUT2D eigenvalue weighted by Crippen LogP contribution is 2.29. The molecule has 1 aromatic heterocycles. The molecule has 8 heteroatoms. The van der Waals surface area contributed by atoms with Gasteiger partial charge in [-0.15, -0.1) is 0 Å². The molecule has 4 rings (SSSR count). The predicted molar refractivity (Wildman–Crippen MR) is 95.3 cm³/mol. The zero-order valence-electron chi connectivity index (χ0n) is 14.6. The van der Waals surface area contributed by atoms with Gasteiger partial charge >= 0.3 is 0 Å². The first-order chi connectivity index (χ1) is 13.1. The van der Waals surface area contributed by atoms with E-state index in [1.54, 1.807) is 40.1 Å². The van der Waals surface area contributed by atoms with Crippen molar-refractivity contribution in [2.75, 3.05) is 31.5 Å². The van der Waals surface area contributed by atoms with E-state index in [2.05, 4.69) is 5.32 Å². The number of benzene rings is 1. The van der Waals surface area contributed by atoms with Gasteiger partial charge in [0.15, 0.2) is 11.9 Å². The van der Waals surface area contributed by atoms with Gasteiger partial charge in [-0.3, -0.25) is 14.4 Å². The number of amides is 3. The van der Waals surface area contributed by atoms with Crippen LogP contribution in [0.1, 0.15) is 17.0 Å². The first-order valence-electron chi connectivity index (χ1n) is 8.79. The summed E-state index contributed by atoms with van der Waals surface area (Å²) >= 11 is 0. The van der Waals surface area contributed by atoms with Crippen LogP contribution < -0.4 is 10.1 Å². The summed E-state index contributed by atoms with van der Waals surface area (Å²) in [7, 11) is 0. The van der Waals surface area contributed by atoms with Gasteiger partial charge in [0.05, 0.1) is 18.4 Å². The number of anilines is 1. The van der Waals surface area contributed by atoms with E-state index in [9.17, 15) is 14.4 Å². The van der Waals surface area contributed by atoms with E-state index in [-0.39, 0.29) is 24.1 Å².